The molecule has 28 heavy (non-hydrogen) atoms. The molecule has 1 amide bonds. The SMILES string of the molecule is CCC1(CNC(=NCC(=O)N(C)C)NCCCN2CCOCC2)CCCC1.I. The standard InChI is InChI=1S/C20H39N5O2.HI/c1-4-20(8-5-6-9-20)17-23-19(22-16-18(26)24(2)3)21-10-7-11-25-12-14-27-15-13-25;/h4-17H2,1-3H3,(H2,21,22,23);1H. The third-order valence-corrected chi connectivity index (χ3v) is 5.96. The zero-order valence-corrected chi connectivity index (χ0v) is 20.3. The van der Waals surface area contributed by atoms with Crippen LogP contribution in [0.5, 0.6) is 0 Å². The number of hydrogen-bond donors (Lipinski definition) is 2. The summed E-state index contributed by atoms with van der Waals surface area (Å²) in [7, 11) is 3.54. The lowest BCUT2D eigenvalue weighted by atomic mass is 9.83. The van der Waals surface area contributed by atoms with Crippen LogP contribution in [0.3, 0.4) is 0 Å². The van der Waals surface area contributed by atoms with E-state index in [4.69, 9.17) is 4.74 Å². The van der Waals surface area contributed by atoms with Gasteiger partial charge in [0.25, 0.3) is 0 Å². The van der Waals surface area contributed by atoms with Crippen molar-refractivity contribution < 1.29 is 9.53 Å². The molecule has 0 unspecified atom stereocenters. The second-order valence-corrected chi connectivity index (χ2v) is 8.10. The summed E-state index contributed by atoms with van der Waals surface area (Å²) in [5.74, 6) is 0.794. The van der Waals surface area contributed by atoms with Gasteiger partial charge in [-0.1, -0.05) is 19.8 Å². The van der Waals surface area contributed by atoms with E-state index < -0.39 is 0 Å². The molecule has 7 nitrogen and oxygen atoms in total. The first kappa shape index (κ1) is 25.4. The van der Waals surface area contributed by atoms with Crippen molar-refractivity contribution in [1.29, 1.82) is 0 Å². The zero-order valence-electron chi connectivity index (χ0n) is 18.0. The number of likely N-dealkylation sites (N-methyl/N-ethyl adjacent to an activating group) is 1. The molecule has 1 aliphatic heterocycles. The smallest absolute Gasteiger partial charge is 0.243 e. The number of amides is 1. The van der Waals surface area contributed by atoms with Gasteiger partial charge in [0.2, 0.25) is 5.91 Å². The van der Waals surface area contributed by atoms with Gasteiger partial charge in [0.05, 0.1) is 13.2 Å². The van der Waals surface area contributed by atoms with Crippen LogP contribution in [0.15, 0.2) is 4.99 Å². The van der Waals surface area contributed by atoms with Gasteiger partial charge in [-0.05, 0) is 37.6 Å². The zero-order chi connectivity index (χ0) is 19.5. The predicted octanol–water partition coefficient (Wildman–Crippen LogP) is 1.92. The van der Waals surface area contributed by atoms with E-state index in [0.717, 1.165) is 58.3 Å². The normalized spacial score (nSPS) is 19.8. The molecule has 1 saturated carbocycles. The Morgan fingerprint density at radius 1 is 1.18 bits per heavy atom. The quantitative estimate of drug-likeness (QED) is 0.215. The van der Waals surface area contributed by atoms with Crippen molar-refractivity contribution in [1.82, 2.24) is 20.4 Å². The van der Waals surface area contributed by atoms with Crippen LogP contribution in [0.25, 0.3) is 0 Å². The summed E-state index contributed by atoms with van der Waals surface area (Å²) in [6, 6.07) is 0. The second kappa shape index (κ2) is 13.6. The Kier molecular flexibility index (Phi) is 12.3. The molecule has 1 heterocycles. The van der Waals surface area contributed by atoms with Crippen molar-refractivity contribution in [2.75, 3.05) is 66.6 Å². The van der Waals surface area contributed by atoms with E-state index in [1.807, 2.05) is 0 Å². The van der Waals surface area contributed by atoms with Crippen LogP contribution < -0.4 is 10.6 Å². The van der Waals surface area contributed by atoms with Gasteiger partial charge in [0, 0.05) is 40.3 Å². The number of rotatable bonds is 9. The Labute approximate surface area is 188 Å². The topological polar surface area (TPSA) is 69.2 Å². The fourth-order valence-corrected chi connectivity index (χ4v) is 3.85. The summed E-state index contributed by atoms with van der Waals surface area (Å²) in [6.45, 7) is 9.07. The number of nitrogens with zero attached hydrogens (tertiary/aromatic N) is 3. The Hall–Kier alpha value is -0.610. The molecule has 0 atom stereocenters. The summed E-state index contributed by atoms with van der Waals surface area (Å²) in [6.07, 6.45) is 7.49. The Balaban J connectivity index is 0.00000392. The largest absolute Gasteiger partial charge is 0.379 e. The fraction of sp³-hybridized carbons (Fsp3) is 0.900. The number of hydrogen-bond acceptors (Lipinski definition) is 4. The van der Waals surface area contributed by atoms with E-state index in [2.05, 4.69) is 27.4 Å². The number of nitrogens with one attached hydrogen (secondary N) is 2. The van der Waals surface area contributed by atoms with Gasteiger partial charge < -0.3 is 20.3 Å². The Morgan fingerprint density at radius 2 is 1.86 bits per heavy atom. The van der Waals surface area contributed by atoms with Gasteiger partial charge in [-0.3, -0.25) is 9.69 Å². The lowest BCUT2D eigenvalue weighted by Crippen LogP contribution is -2.44. The highest BCUT2D eigenvalue weighted by Crippen LogP contribution is 2.40. The average molecular weight is 509 g/mol. The highest BCUT2D eigenvalue weighted by Gasteiger charge is 2.31. The molecule has 1 aliphatic carbocycles. The summed E-state index contributed by atoms with van der Waals surface area (Å²) < 4.78 is 5.40. The first-order valence-corrected chi connectivity index (χ1v) is 10.6. The Morgan fingerprint density at radius 3 is 2.46 bits per heavy atom. The van der Waals surface area contributed by atoms with E-state index in [9.17, 15) is 4.79 Å². The number of carbonyl (C=O) groups excluding carboxylic acids is 1. The molecule has 164 valence electrons. The van der Waals surface area contributed by atoms with Crippen molar-refractivity contribution in [2.24, 2.45) is 10.4 Å². The Bertz CT molecular complexity index is 475. The van der Waals surface area contributed by atoms with Crippen LogP contribution in [0.2, 0.25) is 0 Å². The van der Waals surface area contributed by atoms with Gasteiger partial charge in [-0.2, -0.15) is 0 Å². The van der Waals surface area contributed by atoms with Crippen LogP contribution in [-0.4, -0.2) is 88.2 Å². The van der Waals surface area contributed by atoms with Crippen molar-refractivity contribution in [3.05, 3.63) is 0 Å². The fourth-order valence-electron chi connectivity index (χ4n) is 3.85. The van der Waals surface area contributed by atoms with Gasteiger partial charge >= 0.3 is 0 Å². The molecule has 1 saturated heterocycles. The lowest BCUT2D eigenvalue weighted by Gasteiger charge is -2.29. The number of ether oxygens (including phenoxy) is 1. The van der Waals surface area contributed by atoms with Crippen LogP contribution in [0.4, 0.5) is 0 Å². The molecule has 0 radical (unpaired) electrons. The summed E-state index contributed by atoms with van der Waals surface area (Å²) in [4.78, 5) is 20.5. The van der Waals surface area contributed by atoms with Crippen LogP contribution >= 0.6 is 24.0 Å². The highest BCUT2D eigenvalue weighted by atomic mass is 127. The second-order valence-electron chi connectivity index (χ2n) is 8.10. The van der Waals surface area contributed by atoms with Crippen LogP contribution in [0, 0.1) is 5.41 Å². The van der Waals surface area contributed by atoms with E-state index >= 15 is 0 Å². The molecule has 0 bridgehead atoms. The number of carbonyl (C=O) groups is 1. The van der Waals surface area contributed by atoms with E-state index in [1.165, 1.54) is 32.1 Å². The summed E-state index contributed by atoms with van der Waals surface area (Å²) >= 11 is 0. The molecule has 0 aromatic carbocycles. The van der Waals surface area contributed by atoms with Crippen molar-refractivity contribution >= 4 is 35.8 Å². The maximum absolute atomic E-state index is 11.9. The minimum absolute atomic E-state index is 0. The first-order valence-electron chi connectivity index (χ1n) is 10.6. The van der Waals surface area contributed by atoms with E-state index in [1.54, 1.807) is 19.0 Å². The number of morpholine rings is 1. The van der Waals surface area contributed by atoms with Crippen LogP contribution in [0.1, 0.15) is 45.4 Å². The van der Waals surface area contributed by atoms with Gasteiger partial charge in [0.1, 0.15) is 6.54 Å². The van der Waals surface area contributed by atoms with Gasteiger partial charge in [0.15, 0.2) is 5.96 Å². The van der Waals surface area contributed by atoms with E-state index in [-0.39, 0.29) is 36.4 Å². The number of guanidine groups is 1. The predicted molar refractivity (Wildman–Crippen MR) is 125 cm³/mol. The lowest BCUT2D eigenvalue weighted by molar-refractivity contribution is -0.127. The molecular formula is C20H40IN5O2. The molecule has 2 rings (SSSR count). The third kappa shape index (κ3) is 8.82. The highest BCUT2D eigenvalue weighted by molar-refractivity contribution is 14.0. The summed E-state index contributed by atoms with van der Waals surface area (Å²) in [5, 5.41) is 6.95. The molecule has 0 aromatic rings. The van der Waals surface area contributed by atoms with Gasteiger partial charge in [-0.25, -0.2) is 4.99 Å². The minimum Gasteiger partial charge on any atom is -0.379 e. The van der Waals surface area contributed by atoms with Crippen LogP contribution in [-0.2, 0) is 9.53 Å². The average Bonchev–Trinajstić information content (AvgIpc) is 3.16. The maximum atomic E-state index is 11.9. The molecule has 8 heteroatoms. The number of halogens is 1. The monoisotopic (exact) mass is 509 g/mol. The molecule has 0 spiro atoms. The van der Waals surface area contributed by atoms with Gasteiger partial charge in [-0.15, -0.1) is 24.0 Å². The van der Waals surface area contributed by atoms with E-state index in [0.29, 0.717) is 5.41 Å². The molecule has 2 fully saturated rings. The summed E-state index contributed by atoms with van der Waals surface area (Å²) in [5.41, 5.74) is 0.391. The van der Waals surface area contributed by atoms with Crippen molar-refractivity contribution in [2.45, 2.75) is 45.4 Å². The first-order chi connectivity index (χ1) is 13.0. The molecular weight excluding hydrogens is 469 g/mol. The number of aliphatic imine (C=N–C) groups is 1. The van der Waals surface area contributed by atoms with Crippen molar-refractivity contribution in [3.8, 4) is 0 Å². The molecule has 2 N–H and O–H groups in total. The molecule has 0 aromatic heterocycles. The molecule has 2 aliphatic rings. The third-order valence-electron chi connectivity index (χ3n) is 5.96. The maximum Gasteiger partial charge on any atom is 0.243 e. The van der Waals surface area contributed by atoms with Crippen molar-refractivity contribution in [3.63, 3.8) is 0 Å². The minimum atomic E-state index is 0.